The molecule has 0 bridgehead atoms. The number of carbonyl (C=O) groups excluding carboxylic acids is 1. The van der Waals surface area contributed by atoms with E-state index in [-0.39, 0.29) is 11.7 Å². The summed E-state index contributed by atoms with van der Waals surface area (Å²) in [6, 6.07) is 15.0. The van der Waals surface area contributed by atoms with Gasteiger partial charge in [-0.15, -0.1) is 21.5 Å². The number of aryl methyl sites for hydroxylation is 2. The zero-order valence-corrected chi connectivity index (χ0v) is 29.5. The number of benzene rings is 2. The predicted octanol–water partition coefficient (Wildman–Crippen LogP) is 6.59. The minimum atomic E-state index is -0.208. The van der Waals surface area contributed by atoms with Gasteiger partial charge in [0.1, 0.15) is 0 Å². The number of nitrogens with zero attached hydrogens (tertiary/aromatic N) is 3. The van der Waals surface area contributed by atoms with Crippen molar-refractivity contribution in [2.24, 2.45) is 0 Å². The van der Waals surface area contributed by atoms with Crippen molar-refractivity contribution >= 4 is 78.3 Å². The topological polar surface area (TPSA) is 211 Å². The molecule has 1 aliphatic heterocycles. The Morgan fingerprint density at radius 1 is 0.826 bits per heavy atom. The summed E-state index contributed by atoms with van der Waals surface area (Å²) >= 11 is 4.27. The number of nitrogens with two attached hydrogens (primary N) is 6. The summed E-state index contributed by atoms with van der Waals surface area (Å²) in [7, 11) is 0. The Labute approximate surface area is 285 Å². The Bertz CT molecular complexity index is 1410. The van der Waals surface area contributed by atoms with Crippen LogP contribution in [0.15, 0.2) is 52.9 Å². The molecular formula is C32H49N9O2S3. The molecule has 0 unspecified atom stereocenters. The van der Waals surface area contributed by atoms with Crippen LogP contribution in [0.5, 0.6) is 0 Å². The van der Waals surface area contributed by atoms with E-state index >= 15 is 0 Å². The molecule has 12 N–H and O–H groups in total. The lowest BCUT2D eigenvalue weighted by Gasteiger charge is -2.13. The molecule has 1 aliphatic rings. The Kier molecular flexibility index (Phi) is 17.5. The first-order valence-corrected chi connectivity index (χ1v) is 17.8. The zero-order valence-electron chi connectivity index (χ0n) is 27.0. The molecule has 0 aliphatic carbocycles. The third-order valence-corrected chi connectivity index (χ3v) is 9.45. The Balaban J connectivity index is 0.000000222. The van der Waals surface area contributed by atoms with Gasteiger partial charge in [-0.05, 0) is 92.8 Å². The van der Waals surface area contributed by atoms with Crippen molar-refractivity contribution in [1.29, 1.82) is 0 Å². The Hall–Kier alpha value is -3.88. The van der Waals surface area contributed by atoms with Gasteiger partial charge in [-0.3, -0.25) is 4.79 Å². The number of unbranched alkanes of at least 4 members (excludes halogenated alkanes) is 3. The monoisotopic (exact) mass is 687 g/mol. The summed E-state index contributed by atoms with van der Waals surface area (Å²) in [5.74, 6) is 0.0582. The summed E-state index contributed by atoms with van der Waals surface area (Å²) in [5.41, 5.74) is 38.3. The maximum absolute atomic E-state index is 11.3. The molecule has 1 fully saturated rings. The van der Waals surface area contributed by atoms with Crippen LogP contribution in [-0.4, -0.2) is 41.6 Å². The minimum absolute atomic E-state index is 0.208. The van der Waals surface area contributed by atoms with Crippen LogP contribution in [0.3, 0.4) is 0 Å². The van der Waals surface area contributed by atoms with Gasteiger partial charge in [0.05, 0.1) is 22.4 Å². The van der Waals surface area contributed by atoms with Crippen LogP contribution < -0.4 is 39.3 Å². The van der Waals surface area contributed by atoms with E-state index < -0.39 is 0 Å². The maximum Gasteiger partial charge on any atom is 0.316 e. The molecule has 252 valence electrons. The Morgan fingerprint density at radius 2 is 1.43 bits per heavy atom. The van der Waals surface area contributed by atoms with Crippen molar-refractivity contribution in [1.82, 2.24) is 10.2 Å². The highest BCUT2D eigenvalue weighted by molar-refractivity contribution is 8.01. The van der Waals surface area contributed by atoms with Crippen molar-refractivity contribution in [3.8, 4) is 0 Å². The van der Waals surface area contributed by atoms with Gasteiger partial charge in [-0.2, -0.15) is 0 Å². The predicted molar refractivity (Wildman–Crippen MR) is 200 cm³/mol. The first-order chi connectivity index (χ1) is 22.0. The van der Waals surface area contributed by atoms with Gasteiger partial charge in [0.15, 0.2) is 4.34 Å². The molecule has 2 aromatic heterocycles. The quantitative estimate of drug-likeness (QED) is 0.0476. The van der Waals surface area contributed by atoms with Gasteiger partial charge in [0, 0.05) is 35.8 Å². The lowest BCUT2D eigenvalue weighted by atomic mass is 10.2. The van der Waals surface area contributed by atoms with E-state index in [9.17, 15) is 4.79 Å². The third kappa shape index (κ3) is 15.4. The lowest BCUT2D eigenvalue weighted by Crippen LogP contribution is -2.15. The normalized spacial score (nSPS) is 11.8. The van der Waals surface area contributed by atoms with Gasteiger partial charge in [-0.25, -0.2) is 0 Å². The minimum Gasteiger partial charge on any atom is -0.465 e. The molecule has 0 atom stereocenters. The largest absolute Gasteiger partial charge is 0.465 e. The molecular weight excluding hydrogens is 639 g/mol. The second-order valence-electron chi connectivity index (χ2n) is 10.6. The van der Waals surface area contributed by atoms with Crippen molar-refractivity contribution in [3.63, 3.8) is 0 Å². The van der Waals surface area contributed by atoms with Gasteiger partial charge in [0.2, 0.25) is 5.13 Å². The van der Waals surface area contributed by atoms with E-state index in [2.05, 4.69) is 28.1 Å². The molecule has 1 saturated heterocycles. The van der Waals surface area contributed by atoms with Crippen LogP contribution >= 0.6 is 34.4 Å². The number of hydrogen-bond acceptors (Lipinski definition) is 14. The number of esters is 1. The molecule has 0 amide bonds. The van der Waals surface area contributed by atoms with Crippen molar-refractivity contribution in [2.75, 3.05) is 64.8 Å². The third-order valence-electron chi connectivity index (χ3n) is 6.61. The fourth-order valence-electron chi connectivity index (χ4n) is 4.00. The first kappa shape index (κ1) is 38.3. The second-order valence-corrected chi connectivity index (χ2v) is 13.9. The molecule has 3 heterocycles. The van der Waals surface area contributed by atoms with Crippen LogP contribution in [-0.2, 0) is 9.53 Å². The highest BCUT2D eigenvalue weighted by Crippen LogP contribution is 2.30. The summed E-state index contributed by atoms with van der Waals surface area (Å²) in [5, 5.41) is 10.1. The summed E-state index contributed by atoms with van der Waals surface area (Å²) < 4.78 is 5.78. The molecule has 5 rings (SSSR count). The number of thioether (sulfide) groups is 1. The number of carbonyl (C=O) groups is 1. The highest BCUT2D eigenvalue weighted by atomic mass is 32.2. The highest BCUT2D eigenvalue weighted by Gasteiger charge is 2.13. The zero-order chi connectivity index (χ0) is 33.9. The second kappa shape index (κ2) is 21.0. The number of thiophene rings is 1. The summed E-state index contributed by atoms with van der Waals surface area (Å²) in [6.07, 6.45) is 7.09. The molecule has 0 radical (unpaired) electrons. The molecule has 2 aromatic carbocycles. The lowest BCUT2D eigenvalue weighted by molar-refractivity contribution is -0.140. The number of hydrogen-bond donors (Lipinski definition) is 6. The van der Waals surface area contributed by atoms with Gasteiger partial charge < -0.3 is 44.0 Å². The molecule has 0 spiro atoms. The van der Waals surface area contributed by atoms with E-state index in [0.29, 0.717) is 16.1 Å². The van der Waals surface area contributed by atoms with Gasteiger partial charge in [0.25, 0.3) is 0 Å². The van der Waals surface area contributed by atoms with E-state index in [1.807, 2.05) is 44.2 Å². The van der Waals surface area contributed by atoms with E-state index in [1.165, 1.54) is 66.9 Å². The van der Waals surface area contributed by atoms with Crippen molar-refractivity contribution in [3.05, 3.63) is 59.7 Å². The molecule has 0 saturated carbocycles. The molecule has 46 heavy (non-hydrogen) atoms. The van der Waals surface area contributed by atoms with E-state index in [4.69, 9.17) is 39.1 Å². The van der Waals surface area contributed by atoms with Crippen LogP contribution in [0.2, 0.25) is 0 Å². The number of ether oxygens (including phenoxy) is 1. The van der Waals surface area contributed by atoms with Crippen LogP contribution in [0.1, 0.15) is 56.6 Å². The fraction of sp³-hybridized carbons (Fsp3) is 0.406. The van der Waals surface area contributed by atoms with E-state index in [0.717, 1.165) is 51.7 Å². The van der Waals surface area contributed by atoms with Crippen LogP contribution in [0.4, 0.5) is 37.9 Å². The number of aromatic nitrogens is 2. The van der Waals surface area contributed by atoms with Gasteiger partial charge >= 0.3 is 5.97 Å². The summed E-state index contributed by atoms with van der Waals surface area (Å²) in [4.78, 5) is 13.7. The fourth-order valence-corrected chi connectivity index (χ4v) is 6.26. The number of rotatable bonds is 9. The Morgan fingerprint density at radius 3 is 1.89 bits per heavy atom. The molecule has 11 nitrogen and oxygen atoms in total. The van der Waals surface area contributed by atoms with Crippen LogP contribution in [0.25, 0.3) is 0 Å². The number of nitrogen functional groups attached to an aromatic ring is 6. The SMILES string of the molecule is CCCCCCOC(=O)CSc1nnc(N)s1.Cc1cc(N)ccc1N.Cc1cc(N)ccc1N.Nc1ccc(N2CCCC2)s1. The van der Waals surface area contributed by atoms with E-state index in [1.54, 1.807) is 23.5 Å². The average molecular weight is 688 g/mol. The smallest absolute Gasteiger partial charge is 0.316 e. The van der Waals surface area contributed by atoms with Crippen LogP contribution in [0, 0.1) is 13.8 Å². The maximum atomic E-state index is 11.3. The standard InChI is InChI=1S/C10H17N3O2S2.C8H12N2S.2C7H10N2/c1-2-3-4-5-6-15-8(14)7-16-10-13-12-9(11)17-10;9-7-3-4-8(11-7)10-5-1-2-6-10;2*1-5-4-6(8)2-3-7(5)9/h2-7H2,1H3,(H2,11,12);3-4H,1-2,5-6,9H2;2*2-4H,8-9H2,1H3. The van der Waals surface area contributed by atoms with Crippen molar-refractivity contribution in [2.45, 2.75) is 63.6 Å². The molecule has 4 aromatic rings. The van der Waals surface area contributed by atoms with Gasteiger partial charge in [-0.1, -0.05) is 49.3 Å². The van der Waals surface area contributed by atoms with Crippen molar-refractivity contribution < 1.29 is 9.53 Å². The first-order valence-electron chi connectivity index (χ1n) is 15.2. The molecule has 14 heteroatoms. The average Bonchev–Trinajstić information content (AvgIpc) is 3.80. The number of anilines is 7. The summed E-state index contributed by atoms with van der Waals surface area (Å²) in [6.45, 7) is 8.95.